The van der Waals surface area contributed by atoms with E-state index in [1.54, 1.807) is 0 Å². The molecule has 2 N–H and O–H groups in total. The number of alkyl halides is 3. The lowest BCUT2D eigenvalue weighted by Gasteiger charge is -2.44. The number of rotatable bonds is 4. The molecule has 1 aromatic rings. The normalized spacial score (nSPS) is 20.6. The van der Waals surface area contributed by atoms with Gasteiger partial charge in [-0.15, -0.1) is 0 Å². The van der Waals surface area contributed by atoms with Crippen LogP contribution in [0, 0.1) is 0 Å². The number of fused-ring (bicyclic) bond motifs is 1. The molecule has 1 aliphatic carbocycles. The van der Waals surface area contributed by atoms with E-state index in [9.17, 15) is 13.2 Å². The SMILES string of the molecule is C=C/C=C(/CN=C1Nc2ccccc2NC12CCCCC2)C(=C)C(F)(F)F. The molecule has 0 amide bonds. The fourth-order valence-electron chi connectivity index (χ4n) is 3.71. The van der Waals surface area contributed by atoms with Crippen LogP contribution in [0.15, 0.2) is 65.7 Å². The molecule has 1 fully saturated rings. The molecule has 0 radical (unpaired) electrons. The van der Waals surface area contributed by atoms with Gasteiger partial charge in [-0.2, -0.15) is 13.2 Å². The van der Waals surface area contributed by atoms with E-state index in [1.807, 2.05) is 24.3 Å². The van der Waals surface area contributed by atoms with Crippen molar-refractivity contribution >= 4 is 17.2 Å². The number of aliphatic imine (C=N–C) groups is 1. The van der Waals surface area contributed by atoms with E-state index < -0.39 is 11.7 Å². The average molecular weight is 375 g/mol. The highest BCUT2D eigenvalue weighted by molar-refractivity contribution is 6.09. The largest absolute Gasteiger partial charge is 0.416 e. The van der Waals surface area contributed by atoms with Crippen molar-refractivity contribution in [3.63, 3.8) is 0 Å². The smallest absolute Gasteiger partial charge is 0.371 e. The van der Waals surface area contributed by atoms with Crippen LogP contribution >= 0.6 is 0 Å². The Hall–Kier alpha value is -2.50. The first-order valence-corrected chi connectivity index (χ1v) is 9.13. The van der Waals surface area contributed by atoms with E-state index in [0.717, 1.165) is 43.5 Å². The van der Waals surface area contributed by atoms with Crippen molar-refractivity contribution < 1.29 is 13.2 Å². The molecule has 0 bridgehead atoms. The van der Waals surface area contributed by atoms with Crippen molar-refractivity contribution in [3.05, 3.63) is 60.7 Å². The molecule has 1 heterocycles. The number of benzene rings is 1. The predicted molar refractivity (Wildman–Crippen MR) is 105 cm³/mol. The number of halogens is 3. The summed E-state index contributed by atoms with van der Waals surface area (Å²) in [6.07, 6.45) is 3.25. The Kier molecular flexibility index (Phi) is 5.44. The minimum absolute atomic E-state index is 0.0246. The van der Waals surface area contributed by atoms with Crippen LogP contribution in [0.4, 0.5) is 24.5 Å². The second kappa shape index (κ2) is 7.62. The van der Waals surface area contributed by atoms with Gasteiger partial charge in [0.2, 0.25) is 0 Å². The number of hydrogen-bond donors (Lipinski definition) is 2. The third kappa shape index (κ3) is 4.10. The highest BCUT2D eigenvalue weighted by Crippen LogP contribution is 2.39. The first-order chi connectivity index (χ1) is 12.9. The van der Waals surface area contributed by atoms with Gasteiger partial charge in [-0.25, -0.2) is 0 Å². The van der Waals surface area contributed by atoms with Crippen molar-refractivity contribution in [2.75, 3.05) is 17.2 Å². The first kappa shape index (κ1) is 19.3. The van der Waals surface area contributed by atoms with Crippen LogP contribution in [0.2, 0.25) is 0 Å². The molecule has 0 unspecified atom stereocenters. The number of anilines is 2. The minimum atomic E-state index is -4.48. The summed E-state index contributed by atoms with van der Waals surface area (Å²) in [7, 11) is 0. The van der Waals surface area contributed by atoms with Gasteiger partial charge >= 0.3 is 6.18 Å². The Balaban J connectivity index is 1.93. The fourth-order valence-corrected chi connectivity index (χ4v) is 3.71. The number of nitrogens with one attached hydrogen (secondary N) is 2. The molecule has 1 aromatic carbocycles. The predicted octanol–water partition coefficient (Wildman–Crippen LogP) is 5.86. The Morgan fingerprint density at radius 1 is 1.15 bits per heavy atom. The maximum Gasteiger partial charge on any atom is 0.416 e. The van der Waals surface area contributed by atoms with Crippen molar-refractivity contribution in [2.24, 2.45) is 4.99 Å². The van der Waals surface area contributed by atoms with E-state index in [0.29, 0.717) is 5.84 Å². The van der Waals surface area contributed by atoms with Gasteiger partial charge in [0.25, 0.3) is 0 Å². The Labute approximate surface area is 157 Å². The zero-order valence-electron chi connectivity index (χ0n) is 15.2. The Morgan fingerprint density at radius 2 is 1.81 bits per heavy atom. The monoisotopic (exact) mass is 375 g/mol. The summed E-state index contributed by atoms with van der Waals surface area (Å²) in [6, 6.07) is 7.82. The minimum Gasteiger partial charge on any atom is -0.371 e. The molecule has 6 heteroatoms. The summed E-state index contributed by atoms with van der Waals surface area (Å²) in [5, 5.41) is 6.96. The second-order valence-electron chi connectivity index (χ2n) is 7.01. The van der Waals surface area contributed by atoms with Gasteiger partial charge in [0.05, 0.1) is 29.0 Å². The highest BCUT2D eigenvalue weighted by Gasteiger charge is 2.41. The molecule has 27 heavy (non-hydrogen) atoms. The van der Waals surface area contributed by atoms with Gasteiger partial charge in [-0.3, -0.25) is 4.99 Å². The lowest BCUT2D eigenvalue weighted by atomic mass is 9.79. The molecule has 0 atom stereocenters. The molecule has 1 saturated carbocycles. The molecule has 3 nitrogen and oxygen atoms in total. The topological polar surface area (TPSA) is 36.4 Å². The molecule has 144 valence electrons. The van der Waals surface area contributed by atoms with E-state index in [4.69, 9.17) is 0 Å². The van der Waals surface area contributed by atoms with Crippen molar-refractivity contribution in [3.8, 4) is 0 Å². The van der Waals surface area contributed by atoms with Gasteiger partial charge < -0.3 is 10.6 Å². The van der Waals surface area contributed by atoms with Crippen LogP contribution in [0.3, 0.4) is 0 Å². The lowest BCUT2D eigenvalue weighted by Crippen LogP contribution is -2.53. The van der Waals surface area contributed by atoms with Gasteiger partial charge in [0.1, 0.15) is 5.84 Å². The van der Waals surface area contributed by atoms with E-state index in [1.165, 1.54) is 12.2 Å². The molecule has 1 aliphatic heterocycles. The Morgan fingerprint density at radius 3 is 2.44 bits per heavy atom. The van der Waals surface area contributed by atoms with E-state index >= 15 is 0 Å². The molecule has 0 saturated heterocycles. The molecular formula is C21H24F3N3. The number of allylic oxidation sites excluding steroid dienone is 2. The summed E-state index contributed by atoms with van der Waals surface area (Å²) >= 11 is 0. The Bertz CT molecular complexity index is 784. The summed E-state index contributed by atoms with van der Waals surface area (Å²) in [5.41, 5.74) is 0.673. The van der Waals surface area contributed by atoms with Crippen LogP contribution in [-0.2, 0) is 0 Å². The number of amidine groups is 1. The van der Waals surface area contributed by atoms with Crippen LogP contribution in [0.5, 0.6) is 0 Å². The molecule has 1 spiro atoms. The standard InChI is InChI=1S/C21H24F3N3/c1-3-9-16(15(2)21(22,23)24)14-25-19-20(12-7-4-8-13-20)27-18-11-6-5-10-17(18)26-19/h3,5-6,9-11,27H,1-2,4,7-8,12-14H2,(H,25,26)/b16-9-. The van der Waals surface area contributed by atoms with Crippen molar-refractivity contribution in [2.45, 2.75) is 43.8 Å². The maximum atomic E-state index is 13.1. The van der Waals surface area contributed by atoms with Gasteiger partial charge in [-0.1, -0.05) is 56.7 Å². The van der Waals surface area contributed by atoms with Crippen LogP contribution in [0.1, 0.15) is 32.1 Å². The van der Waals surface area contributed by atoms with Gasteiger partial charge in [0.15, 0.2) is 0 Å². The highest BCUT2D eigenvalue weighted by atomic mass is 19.4. The number of para-hydroxylation sites is 2. The van der Waals surface area contributed by atoms with Crippen LogP contribution in [-0.4, -0.2) is 24.1 Å². The maximum absolute atomic E-state index is 13.1. The average Bonchev–Trinajstić information content (AvgIpc) is 2.64. The fraction of sp³-hybridized carbons (Fsp3) is 0.381. The second-order valence-corrected chi connectivity index (χ2v) is 7.01. The van der Waals surface area contributed by atoms with Gasteiger partial charge in [-0.05, 0) is 30.5 Å². The third-order valence-electron chi connectivity index (χ3n) is 5.17. The summed E-state index contributed by atoms with van der Waals surface area (Å²) in [5.74, 6) is 0.700. The summed E-state index contributed by atoms with van der Waals surface area (Å²) < 4.78 is 39.2. The molecular weight excluding hydrogens is 351 g/mol. The van der Waals surface area contributed by atoms with Crippen molar-refractivity contribution in [1.29, 1.82) is 0 Å². The first-order valence-electron chi connectivity index (χ1n) is 9.13. The molecule has 3 rings (SSSR count). The van der Waals surface area contributed by atoms with Gasteiger partial charge in [0, 0.05) is 0 Å². The summed E-state index contributed by atoms with van der Waals surface area (Å²) in [4.78, 5) is 4.58. The molecule has 2 aliphatic rings. The van der Waals surface area contributed by atoms with Crippen LogP contribution in [0.25, 0.3) is 0 Å². The number of nitrogens with zero attached hydrogens (tertiary/aromatic N) is 1. The quantitative estimate of drug-likeness (QED) is 0.647. The van der Waals surface area contributed by atoms with Crippen molar-refractivity contribution in [1.82, 2.24) is 0 Å². The van der Waals surface area contributed by atoms with E-state index in [-0.39, 0.29) is 17.7 Å². The summed E-state index contributed by atoms with van der Waals surface area (Å²) in [6.45, 7) is 6.61. The lowest BCUT2D eigenvalue weighted by molar-refractivity contribution is -0.0890. The molecule has 0 aromatic heterocycles. The number of hydrogen-bond acceptors (Lipinski definition) is 2. The van der Waals surface area contributed by atoms with Crippen LogP contribution < -0.4 is 10.6 Å². The third-order valence-corrected chi connectivity index (χ3v) is 5.17. The zero-order chi connectivity index (χ0) is 19.5. The zero-order valence-corrected chi connectivity index (χ0v) is 15.2. The van der Waals surface area contributed by atoms with E-state index in [2.05, 4.69) is 28.8 Å².